The fourth-order valence-corrected chi connectivity index (χ4v) is 3.50. The van der Waals surface area contributed by atoms with Crippen LogP contribution in [-0.4, -0.2) is 29.7 Å². The van der Waals surface area contributed by atoms with Crippen molar-refractivity contribution in [1.29, 1.82) is 0 Å². The van der Waals surface area contributed by atoms with E-state index in [9.17, 15) is 4.79 Å². The molecule has 4 aromatic rings. The molecule has 174 valence electrons. The maximum Gasteiger partial charge on any atom is 0.257 e. The van der Waals surface area contributed by atoms with Crippen molar-refractivity contribution < 1.29 is 18.7 Å². The minimum Gasteiger partial charge on any atom is -0.497 e. The number of nitrogens with zero attached hydrogens (tertiary/aromatic N) is 1. The number of nitrogens with one attached hydrogen (secondary N) is 2. The standard InChI is InChI=1S/C26H25N3O4S/c1-3-4-13-32-21-10-6-7-17(15-21)24(30)29-26(34)27-19-9-5-8-18(14-19)25-28-22-16-20(31-2)11-12-23(22)33-25/h5-12,14-16H,3-4,13H2,1-2H3,(H2,27,29,30,34). The average molecular weight is 476 g/mol. The zero-order chi connectivity index (χ0) is 23.9. The molecule has 2 N–H and O–H groups in total. The van der Waals surface area contributed by atoms with Gasteiger partial charge in [0.25, 0.3) is 5.91 Å². The van der Waals surface area contributed by atoms with E-state index in [0.29, 0.717) is 46.3 Å². The van der Waals surface area contributed by atoms with Crippen LogP contribution in [0.2, 0.25) is 0 Å². The summed E-state index contributed by atoms with van der Waals surface area (Å²) >= 11 is 5.34. The third kappa shape index (κ3) is 5.71. The molecule has 0 saturated heterocycles. The highest BCUT2D eigenvalue weighted by molar-refractivity contribution is 7.80. The fourth-order valence-electron chi connectivity index (χ4n) is 3.29. The molecule has 1 aromatic heterocycles. The number of oxazole rings is 1. The minimum atomic E-state index is -0.317. The Bertz CT molecular complexity index is 1320. The average Bonchev–Trinajstić information content (AvgIpc) is 3.28. The molecule has 8 heteroatoms. The lowest BCUT2D eigenvalue weighted by Crippen LogP contribution is -2.34. The van der Waals surface area contributed by atoms with Crippen LogP contribution in [0.3, 0.4) is 0 Å². The van der Waals surface area contributed by atoms with Gasteiger partial charge < -0.3 is 19.2 Å². The van der Waals surface area contributed by atoms with E-state index in [1.807, 2.05) is 48.5 Å². The fraction of sp³-hybridized carbons (Fsp3) is 0.192. The van der Waals surface area contributed by atoms with Crippen LogP contribution in [-0.2, 0) is 0 Å². The molecule has 1 amide bonds. The molecule has 0 unspecified atom stereocenters. The largest absolute Gasteiger partial charge is 0.497 e. The van der Waals surface area contributed by atoms with Crippen molar-refractivity contribution >= 4 is 40.0 Å². The molecule has 0 aliphatic carbocycles. The molecule has 4 rings (SSSR count). The summed E-state index contributed by atoms with van der Waals surface area (Å²) in [5.41, 5.74) is 3.30. The monoisotopic (exact) mass is 475 g/mol. The van der Waals surface area contributed by atoms with Crippen molar-refractivity contribution in [2.24, 2.45) is 0 Å². The Morgan fingerprint density at radius 1 is 1.06 bits per heavy atom. The summed E-state index contributed by atoms with van der Waals surface area (Å²) in [6, 6.07) is 19.9. The Morgan fingerprint density at radius 2 is 1.91 bits per heavy atom. The van der Waals surface area contributed by atoms with E-state index in [1.54, 1.807) is 25.3 Å². The van der Waals surface area contributed by atoms with Crippen molar-refractivity contribution in [1.82, 2.24) is 10.3 Å². The summed E-state index contributed by atoms with van der Waals surface area (Å²) in [7, 11) is 1.61. The van der Waals surface area contributed by atoms with Gasteiger partial charge >= 0.3 is 0 Å². The molecule has 0 fully saturated rings. The van der Waals surface area contributed by atoms with E-state index >= 15 is 0 Å². The van der Waals surface area contributed by atoms with Crippen LogP contribution in [0, 0.1) is 0 Å². The zero-order valence-electron chi connectivity index (χ0n) is 19.0. The van der Waals surface area contributed by atoms with Gasteiger partial charge in [-0.15, -0.1) is 0 Å². The Hall–Kier alpha value is -3.91. The number of carbonyl (C=O) groups excluding carboxylic acids is 1. The third-order valence-corrected chi connectivity index (χ3v) is 5.26. The smallest absolute Gasteiger partial charge is 0.257 e. The highest BCUT2D eigenvalue weighted by atomic mass is 32.1. The number of ether oxygens (including phenoxy) is 2. The van der Waals surface area contributed by atoms with E-state index in [0.717, 1.165) is 18.4 Å². The molecule has 0 saturated carbocycles. The van der Waals surface area contributed by atoms with Gasteiger partial charge in [-0.1, -0.05) is 25.5 Å². The molecular formula is C26H25N3O4S. The number of methoxy groups -OCH3 is 1. The topological polar surface area (TPSA) is 85.6 Å². The molecule has 34 heavy (non-hydrogen) atoms. The molecule has 0 aliphatic heterocycles. The van der Waals surface area contributed by atoms with Crippen LogP contribution in [0.5, 0.6) is 11.5 Å². The Labute approximate surface area is 203 Å². The second-order valence-corrected chi connectivity index (χ2v) is 7.98. The number of unbranched alkanes of at least 4 members (excludes halogenated alkanes) is 1. The van der Waals surface area contributed by atoms with Crippen LogP contribution in [0.15, 0.2) is 71.1 Å². The number of fused-ring (bicyclic) bond motifs is 1. The number of aromatic nitrogens is 1. The number of thiocarbonyl (C=S) groups is 1. The maximum absolute atomic E-state index is 12.6. The lowest BCUT2D eigenvalue weighted by molar-refractivity contribution is 0.0977. The number of rotatable bonds is 8. The van der Waals surface area contributed by atoms with Crippen LogP contribution in [0.25, 0.3) is 22.6 Å². The van der Waals surface area contributed by atoms with Gasteiger partial charge in [0.15, 0.2) is 10.7 Å². The number of carbonyl (C=O) groups is 1. The molecule has 7 nitrogen and oxygen atoms in total. The summed E-state index contributed by atoms with van der Waals surface area (Å²) < 4.78 is 16.8. The van der Waals surface area contributed by atoms with Crippen LogP contribution in [0.4, 0.5) is 5.69 Å². The first kappa shape index (κ1) is 23.3. The lowest BCUT2D eigenvalue weighted by Gasteiger charge is -2.11. The van der Waals surface area contributed by atoms with Crippen molar-refractivity contribution in [3.8, 4) is 23.0 Å². The summed E-state index contributed by atoms with van der Waals surface area (Å²) in [6.45, 7) is 2.72. The molecule has 3 aromatic carbocycles. The number of benzene rings is 3. The normalized spacial score (nSPS) is 10.6. The van der Waals surface area contributed by atoms with Gasteiger partial charge in [-0.05, 0) is 67.2 Å². The molecule has 0 aliphatic rings. The summed E-state index contributed by atoms with van der Waals surface area (Å²) in [4.78, 5) is 17.2. The van der Waals surface area contributed by atoms with E-state index < -0.39 is 0 Å². The zero-order valence-corrected chi connectivity index (χ0v) is 19.8. The van der Waals surface area contributed by atoms with E-state index in [1.165, 1.54) is 0 Å². The van der Waals surface area contributed by atoms with Crippen molar-refractivity contribution in [3.05, 3.63) is 72.3 Å². The molecular weight excluding hydrogens is 450 g/mol. The van der Waals surface area contributed by atoms with Crippen molar-refractivity contribution in [3.63, 3.8) is 0 Å². The first-order valence-electron chi connectivity index (χ1n) is 11.0. The number of amides is 1. The van der Waals surface area contributed by atoms with Crippen LogP contribution in [0.1, 0.15) is 30.1 Å². The minimum absolute atomic E-state index is 0.182. The predicted molar refractivity (Wildman–Crippen MR) is 137 cm³/mol. The Balaban J connectivity index is 1.42. The molecule has 0 atom stereocenters. The summed E-state index contributed by atoms with van der Waals surface area (Å²) in [5, 5.41) is 5.93. The Kier molecular flexibility index (Phi) is 7.39. The van der Waals surface area contributed by atoms with E-state index in [4.69, 9.17) is 26.1 Å². The predicted octanol–water partition coefficient (Wildman–Crippen LogP) is 5.81. The van der Waals surface area contributed by atoms with Gasteiger partial charge in [-0.2, -0.15) is 0 Å². The van der Waals surface area contributed by atoms with Gasteiger partial charge in [-0.3, -0.25) is 10.1 Å². The van der Waals surface area contributed by atoms with Crippen molar-refractivity contribution in [2.45, 2.75) is 19.8 Å². The molecule has 0 radical (unpaired) electrons. The SMILES string of the molecule is CCCCOc1cccc(C(=O)NC(=S)Nc2cccc(-c3nc4cc(OC)ccc4o3)c2)c1. The maximum atomic E-state index is 12.6. The summed E-state index contributed by atoms with van der Waals surface area (Å²) in [5.74, 6) is 1.52. The number of hydrogen-bond acceptors (Lipinski definition) is 6. The first-order valence-corrected chi connectivity index (χ1v) is 11.4. The van der Waals surface area contributed by atoms with Gasteiger partial charge in [-0.25, -0.2) is 4.98 Å². The molecule has 0 spiro atoms. The number of anilines is 1. The van der Waals surface area contributed by atoms with E-state index in [2.05, 4.69) is 22.5 Å². The van der Waals surface area contributed by atoms with Gasteiger partial charge in [0.2, 0.25) is 5.89 Å². The molecule has 0 bridgehead atoms. The van der Waals surface area contributed by atoms with Crippen LogP contribution < -0.4 is 20.1 Å². The van der Waals surface area contributed by atoms with E-state index in [-0.39, 0.29) is 11.0 Å². The van der Waals surface area contributed by atoms with Gasteiger partial charge in [0.1, 0.15) is 17.0 Å². The Morgan fingerprint density at radius 3 is 2.74 bits per heavy atom. The second kappa shape index (κ2) is 10.8. The lowest BCUT2D eigenvalue weighted by atomic mass is 10.2. The highest BCUT2D eigenvalue weighted by Gasteiger charge is 2.12. The highest BCUT2D eigenvalue weighted by Crippen LogP contribution is 2.28. The van der Waals surface area contributed by atoms with Gasteiger partial charge in [0, 0.05) is 22.9 Å². The second-order valence-electron chi connectivity index (χ2n) is 7.57. The van der Waals surface area contributed by atoms with Gasteiger partial charge in [0.05, 0.1) is 13.7 Å². The number of hydrogen-bond donors (Lipinski definition) is 2. The quantitative estimate of drug-likeness (QED) is 0.246. The third-order valence-electron chi connectivity index (χ3n) is 5.05. The molecule has 1 heterocycles. The van der Waals surface area contributed by atoms with Crippen LogP contribution >= 0.6 is 12.2 Å². The summed E-state index contributed by atoms with van der Waals surface area (Å²) in [6.07, 6.45) is 2.00. The first-order chi connectivity index (χ1) is 16.6. The van der Waals surface area contributed by atoms with Crippen molar-refractivity contribution in [2.75, 3.05) is 19.0 Å².